The fourth-order valence-corrected chi connectivity index (χ4v) is 7.17. The van der Waals surface area contributed by atoms with Gasteiger partial charge >= 0.3 is 0 Å². The van der Waals surface area contributed by atoms with Gasteiger partial charge in [-0.15, -0.1) is 0 Å². The molecule has 1 aromatic heterocycles. The molecule has 0 spiro atoms. The Morgan fingerprint density at radius 1 is 1.00 bits per heavy atom. The molecule has 0 radical (unpaired) electrons. The number of hydrogen-bond acceptors (Lipinski definition) is 4. The summed E-state index contributed by atoms with van der Waals surface area (Å²) in [6.07, 6.45) is 13.2. The van der Waals surface area contributed by atoms with Gasteiger partial charge in [0, 0.05) is 18.2 Å². The topological polar surface area (TPSA) is 39.5 Å². The highest BCUT2D eigenvalue weighted by molar-refractivity contribution is 9.10. The molecule has 3 heterocycles. The molecule has 3 fully saturated rings. The van der Waals surface area contributed by atoms with Crippen molar-refractivity contribution in [1.82, 2.24) is 14.5 Å². The molecule has 0 N–H and O–H groups in total. The van der Waals surface area contributed by atoms with Crippen molar-refractivity contribution in [3.05, 3.63) is 39.6 Å². The van der Waals surface area contributed by atoms with Crippen molar-refractivity contribution >= 4 is 15.9 Å². The molecular formula is C29H42BrN3O2. The number of aryl methyl sites for hydroxylation is 2. The average Bonchev–Trinajstić information content (AvgIpc) is 3.53. The maximum Gasteiger partial charge on any atom is 0.147 e. The van der Waals surface area contributed by atoms with Crippen LogP contribution in [0.1, 0.15) is 82.0 Å². The minimum Gasteiger partial charge on any atom is -0.353 e. The Kier molecular flexibility index (Phi) is 8.64. The van der Waals surface area contributed by atoms with Crippen molar-refractivity contribution in [2.24, 2.45) is 5.92 Å². The van der Waals surface area contributed by atoms with Crippen LogP contribution >= 0.6 is 15.9 Å². The van der Waals surface area contributed by atoms with E-state index < -0.39 is 0 Å². The quantitative estimate of drug-likeness (QED) is 0.369. The molecule has 5 rings (SSSR count). The van der Waals surface area contributed by atoms with Crippen molar-refractivity contribution in [3.63, 3.8) is 0 Å². The van der Waals surface area contributed by atoms with Crippen LogP contribution in [-0.4, -0.2) is 46.5 Å². The smallest absolute Gasteiger partial charge is 0.147 e. The van der Waals surface area contributed by atoms with Crippen LogP contribution in [-0.2, 0) is 35.4 Å². The molecule has 2 unspecified atom stereocenters. The second kappa shape index (κ2) is 11.9. The maximum absolute atomic E-state index is 5.93. The zero-order valence-electron chi connectivity index (χ0n) is 21.6. The second-order valence-corrected chi connectivity index (χ2v) is 11.4. The summed E-state index contributed by atoms with van der Waals surface area (Å²) in [6, 6.07) is 7.43. The summed E-state index contributed by atoms with van der Waals surface area (Å²) in [7, 11) is 0. The predicted octanol–water partition coefficient (Wildman–Crippen LogP) is 6.75. The van der Waals surface area contributed by atoms with Crippen LogP contribution in [0.3, 0.4) is 0 Å². The Bertz CT molecular complexity index is 956. The van der Waals surface area contributed by atoms with Crippen molar-refractivity contribution in [3.8, 4) is 11.4 Å². The van der Waals surface area contributed by atoms with E-state index in [0.29, 0.717) is 19.4 Å². The number of imidazole rings is 1. The van der Waals surface area contributed by atoms with Gasteiger partial charge in [-0.2, -0.15) is 0 Å². The molecule has 1 aromatic carbocycles. The Balaban J connectivity index is 1.53. The van der Waals surface area contributed by atoms with E-state index in [-0.39, 0.29) is 6.10 Å². The average molecular weight is 545 g/mol. The molecule has 0 bridgehead atoms. The Hall–Kier alpha value is -1.21. The molecule has 2 aliphatic heterocycles. The highest BCUT2D eigenvalue weighted by Crippen LogP contribution is 2.37. The molecular weight excluding hydrogens is 502 g/mol. The number of rotatable bonds is 8. The first-order valence-corrected chi connectivity index (χ1v) is 14.8. The fraction of sp³-hybridized carbons (Fsp3) is 0.690. The van der Waals surface area contributed by atoms with E-state index >= 15 is 0 Å². The summed E-state index contributed by atoms with van der Waals surface area (Å²) in [6.45, 7) is 8.48. The molecule has 0 amide bonds. The van der Waals surface area contributed by atoms with Gasteiger partial charge in [0.15, 0.2) is 0 Å². The minimum atomic E-state index is 0.0722. The molecule has 192 valence electrons. The fourth-order valence-electron chi connectivity index (χ4n) is 6.66. The van der Waals surface area contributed by atoms with Crippen LogP contribution in [0, 0.1) is 5.92 Å². The summed E-state index contributed by atoms with van der Waals surface area (Å²) in [5.74, 6) is 1.95. The van der Waals surface area contributed by atoms with Crippen LogP contribution in [0.4, 0.5) is 0 Å². The number of ether oxygens (including phenoxy) is 2. The Morgan fingerprint density at radius 3 is 2.43 bits per heavy atom. The number of halogens is 1. The third-order valence-corrected chi connectivity index (χ3v) is 9.17. The van der Waals surface area contributed by atoms with Crippen LogP contribution in [0.15, 0.2) is 22.8 Å². The number of aromatic nitrogens is 2. The van der Waals surface area contributed by atoms with Gasteiger partial charge in [-0.05, 0) is 78.0 Å². The lowest BCUT2D eigenvalue weighted by Gasteiger charge is -2.42. The summed E-state index contributed by atoms with van der Waals surface area (Å²) in [5, 5.41) is 0. The van der Waals surface area contributed by atoms with Crippen LogP contribution in [0.5, 0.6) is 0 Å². The number of nitrogens with zero attached hydrogens (tertiary/aromatic N) is 3. The molecule has 3 aliphatic rings. The molecule has 2 saturated heterocycles. The first-order valence-electron chi connectivity index (χ1n) is 14.0. The first kappa shape index (κ1) is 25.4. The molecule has 2 atom stereocenters. The van der Waals surface area contributed by atoms with E-state index in [2.05, 4.69) is 57.4 Å². The van der Waals surface area contributed by atoms with Gasteiger partial charge < -0.3 is 14.0 Å². The normalized spacial score (nSPS) is 24.3. The molecule has 1 saturated carbocycles. The van der Waals surface area contributed by atoms with E-state index in [9.17, 15) is 0 Å². The number of benzene rings is 1. The highest BCUT2D eigenvalue weighted by Gasteiger charge is 2.33. The SMILES string of the molecule is CCc1cccc(CC)c1-c1nc(Br)c(CN2CCCCC2C2CCCCC2)n1CC1COCO1. The van der Waals surface area contributed by atoms with Crippen molar-refractivity contribution in [2.45, 2.75) is 103 Å². The minimum absolute atomic E-state index is 0.0722. The van der Waals surface area contributed by atoms with E-state index in [4.69, 9.17) is 14.5 Å². The molecule has 35 heavy (non-hydrogen) atoms. The second-order valence-electron chi connectivity index (χ2n) is 10.7. The summed E-state index contributed by atoms with van der Waals surface area (Å²) < 4.78 is 15.0. The third kappa shape index (κ3) is 5.56. The van der Waals surface area contributed by atoms with Crippen molar-refractivity contribution in [1.29, 1.82) is 0 Å². The van der Waals surface area contributed by atoms with Crippen molar-refractivity contribution in [2.75, 3.05) is 19.9 Å². The lowest BCUT2D eigenvalue weighted by Crippen LogP contribution is -2.44. The zero-order chi connectivity index (χ0) is 24.2. The lowest BCUT2D eigenvalue weighted by atomic mass is 9.80. The van der Waals surface area contributed by atoms with Gasteiger partial charge in [0.05, 0.1) is 18.8 Å². The molecule has 2 aromatic rings. The van der Waals surface area contributed by atoms with E-state index in [1.807, 2.05) is 0 Å². The molecule has 5 nitrogen and oxygen atoms in total. The number of likely N-dealkylation sites (tertiary alicyclic amines) is 1. The Morgan fingerprint density at radius 2 is 1.74 bits per heavy atom. The molecule has 1 aliphatic carbocycles. The van der Waals surface area contributed by atoms with Gasteiger partial charge in [0.1, 0.15) is 23.3 Å². The monoisotopic (exact) mass is 543 g/mol. The lowest BCUT2D eigenvalue weighted by molar-refractivity contribution is 0.0412. The van der Waals surface area contributed by atoms with E-state index in [0.717, 1.165) is 42.3 Å². The summed E-state index contributed by atoms with van der Waals surface area (Å²) >= 11 is 3.92. The van der Waals surface area contributed by atoms with Gasteiger partial charge in [-0.1, -0.05) is 57.7 Å². The largest absolute Gasteiger partial charge is 0.353 e. The predicted molar refractivity (Wildman–Crippen MR) is 144 cm³/mol. The van der Waals surface area contributed by atoms with Crippen LogP contribution in [0.2, 0.25) is 0 Å². The van der Waals surface area contributed by atoms with Gasteiger partial charge in [-0.3, -0.25) is 4.90 Å². The standard InChI is InChI=1S/C29H42BrN3O2/c1-3-21-13-10-14-22(4-2)27(21)29-31-28(30)26(33(29)17-24-19-34-20-35-24)18-32-16-9-8-15-25(32)23-11-6-5-7-12-23/h10,13-14,23-25H,3-9,11-12,15-20H2,1-2H3. The molecule has 6 heteroatoms. The number of hydrogen-bond donors (Lipinski definition) is 0. The first-order chi connectivity index (χ1) is 17.2. The van der Waals surface area contributed by atoms with Crippen LogP contribution in [0.25, 0.3) is 11.4 Å². The summed E-state index contributed by atoms with van der Waals surface area (Å²) in [4.78, 5) is 7.99. The van der Waals surface area contributed by atoms with E-state index in [1.165, 1.54) is 80.3 Å². The Labute approximate surface area is 219 Å². The summed E-state index contributed by atoms with van der Waals surface area (Å²) in [5.41, 5.74) is 5.35. The highest BCUT2D eigenvalue weighted by atomic mass is 79.9. The maximum atomic E-state index is 5.93. The van der Waals surface area contributed by atoms with Crippen molar-refractivity contribution < 1.29 is 9.47 Å². The van der Waals surface area contributed by atoms with Crippen LogP contribution < -0.4 is 0 Å². The zero-order valence-corrected chi connectivity index (χ0v) is 23.2. The van der Waals surface area contributed by atoms with Gasteiger partial charge in [0.25, 0.3) is 0 Å². The third-order valence-electron chi connectivity index (χ3n) is 8.53. The van der Waals surface area contributed by atoms with Gasteiger partial charge in [-0.25, -0.2) is 4.98 Å². The van der Waals surface area contributed by atoms with E-state index in [1.54, 1.807) is 0 Å². The van der Waals surface area contributed by atoms with Gasteiger partial charge in [0.2, 0.25) is 0 Å². The number of piperidine rings is 1.